The summed E-state index contributed by atoms with van der Waals surface area (Å²) in [6, 6.07) is 0. The second-order valence-corrected chi connectivity index (χ2v) is 2.53. The van der Waals surface area contributed by atoms with Crippen LogP contribution in [0.25, 0.3) is 0 Å². The Bertz CT molecular complexity index is 142. The Kier molecular flexibility index (Phi) is 6.94. The fourth-order valence-electron chi connectivity index (χ4n) is 0. The first-order valence-electron chi connectivity index (χ1n) is 2.32. The normalized spacial score (nSPS) is 10.6. The lowest BCUT2D eigenvalue weighted by molar-refractivity contribution is 0.0800. The van der Waals surface area contributed by atoms with E-state index < -0.39 is 10.4 Å². The van der Waals surface area contributed by atoms with Crippen molar-refractivity contribution in [3.05, 3.63) is 0 Å². The third-order valence-corrected chi connectivity index (χ3v) is 0.272. The summed E-state index contributed by atoms with van der Waals surface area (Å²) in [5, 5.41) is 0. The molecule has 0 atom stereocenters. The van der Waals surface area contributed by atoms with Gasteiger partial charge in [-0.05, 0) is 13.8 Å². The standard InChI is InChI=1S/C3H9NO.H2O4S/c1-3(2)5-4;1-5(2,3)4/h3H,4H2,1-2H3;(H2,1,2,3,4). The monoisotopic (exact) mass is 173 g/mol. The molecule has 7 heteroatoms. The molecule has 0 aliphatic carbocycles. The van der Waals surface area contributed by atoms with E-state index in [9.17, 15) is 0 Å². The summed E-state index contributed by atoms with van der Waals surface area (Å²) in [5.41, 5.74) is 0. The molecule has 0 saturated heterocycles. The predicted molar refractivity (Wildman–Crippen MR) is 34.6 cm³/mol. The van der Waals surface area contributed by atoms with E-state index in [4.69, 9.17) is 17.5 Å². The number of hydrogen-bond donors (Lipinski definition) is 3. The van der Waals surface area contributed by atoms with Crippen LogP contribution in [0.4, 0.5) is 0 Å². The van der Waals surface area contributed by atoms with Gasteiger partial charge in [0.15, 0.2) is 0 Å². The summed E-state index contributed by atoms with van der Waals surface area (Å²) >= 11 is 0. The smallest absolute Gasteiger partial charge is 0.302 e. The summed E-state index contributed by atoms with van der Waals surface area (Å²) in [4.78, 5) is 4.25. The van der Waals surface area contributed by atoms with E-state index in [2.05, 4.69) is 10.7 Å². The Balaban J connectivity index is 0. The first-order valence-corrected chi connectivity index (χ1v) is 3.72. The zero-order valence-corrected chi connectivity index (χ0v) is 6.50. The van der Waals surface area contributed by atoms with Gasteiger partial charge in [-0.3, -0.25) is 9.11 Å². The van der Waals surface area contributed by atoms with Crippen molar-refractivity contribution < 1.29 is 22.4 Å². The number of rotatable bonds is 1. The van der Waals surface area contributed by atoms with Gasteiger partial charge in [-0.25, -0.2) is 5.90 Å². The van der Waals surface area contributed by atoms with Crippen molar-refractivity contribution >= 4 is 10.4 Å². The van der Waals surface area contributed by atoms with E-state index in [0.29, 0.717) is 0 Å². The van der Waals surface area contributed by atoms with Gasteiger partial charge in [0.1, 0.15) is 0 Å². The highest BCUT2D eigenvalue weighted by molar-refractivity contribution is 7.79. The lowest BCUT2D eigenvalue weighted by Gasteiger charge is -1.93. The minimum absolute atomic E-state index is 0.162. The van der Waals surface area contributed by atoms with Crippen molar-refractivity contribution in [1.82, 2.24) is 0 Å². The quantitative estimate of drug-likeness (QED) is 0.368. The van der Waals surface area contributed by atoms with Crippen LogP contribution in [0, 0.1) is 0 Å². The zero-order chi connectivity index (χ0) is 8.78. The predicted octanol–water partition coefficient (Wildman–Crippen LogP) is -0.368. The van der Waals surface area contributed by atoms with Crippen LogP contribution < -0.4 is 5.90 Å². The molecule has 0 bridgehead atoms. The second kappa shape index (κ2) is 5.57. The molecule has 0 aliphatic heterocycles. The van der Waals surface area contributed by atoms with E-state index >= 15 is 0 Å². The van der Waals surface area contributed by atoms with Crippen LogP contribution >= 0.6 is 0 Å². The average Bonchev–Trinajstić information content (AvgIpc) is 1.61. The van der Waals surface area contributed by atoms with E-state index in [-0.39, 0.29) is 6.10 Å². The first-order chi connectivity index (χ1) is 4.27. The highest BCUT2D eigenvalue weighted by Gasteiger charge is 1.84. The summed E-state index contributed by atoms with van der Waals surface area (Å²) in [6.07, 6.45) is 0.162. The average molecular weight is 173 g/mol. The van der Waals surface area contributed by atoms with E-state index in [1.54, 1.807) is 0 Å². The van der Waals surface area contributed by atoms with Crippen LogP contribution in [0.5, 0.6) is 0 Å². The van der Waals surface area contributed by atoms with E-state index in [0.717, 1.165) is 0 Å². The fraction of sp³-hybridized carbons (Fsp3) is 1.00. The van der Waals surface area contributed by atoms with Gasteiger partial charge in [-0.1, -0.05) is 0 Å². The molecule has 0 fully saturated rings. The van der Waals surface area contributed by atoms with Gasteiger partial charge in [0, 0.05) is 0 Å². The lowest BCUT2D eigenvalue weighted by atomic mass is 10.5. The molecule has 0 spiro atoms. The molecule has 0 aromatic rings. The molecule has 64 valence electrons. The maximum atomic E-state index is 8.74. The molecular weight excluding hydrogens is 162 g/mol. The number of nitrogens with two attached hydrogens (primary N) is 1. The van der Waals surface area contributed by atoms with Crippen LogP contribution in [0.15, 0.2) is 0 Å². The van der Waals surface area contributed by atoms with Crippen LogP contribution in [0.1, 0.15) is 13.8 Å². The Labute approximate surface area is 59.5 Å². The van der Waals surface area contributed by atoms with Gasteiger partial charge in [0.25, 0.3) is 0 Å². The van der Waals surface area contributed by atoms with E-state index in [1.807, 2.05) is 13.8 Å². The van der Waals surface area contributed by atoms with Crippen molar-refractivity contribution in [2.24, 2.45) is 5.90 Å². The Morgan fingerprint density at radius 1 is 1.40 bits per heavy atom. The van der Waals surface area contributed by atoms with Crippen LogP contribution in [-0.4, -0.2) is 23.6 Å². The highest BCUT2D eigenvalue weighted by atomic mass is 32.3. The maximum Gasteiger partial charge on any atom is 0.394 e. The summed E-state index contributed by atoms with van der Waals surface area (Å²) in [5.74, 6) is 4.67. The largest absolute Gasteiger partial charge is 0.394 e. The molecule has 10 heavy (non-hydrogen) atoms. The second-order valence-electron chi connectivity index (χ2n) is 1.63. The summed E-state index contributed by atoms with van der Waals surface area (Å²) < 4.78 is 31.6. The fourth-order valence-corrected chi connectivity index (χ4v) is 0. The lowest BCUT2D eigenvalue weighted by Crippen LogP contribution is -2.07. The van der Waals surface area contributed by atoms with Gasteiger partial charge in [-0.15, -0.1) is 0 Å². The van der Waals surface area contributed by atoms with Crippen LogP contribution in [0.2, 0.25) is 0 Å². The summed E-state index contributed by atoms with van der Waals surface area (Å²) in [7, 11) is -4.67. The van der Waals surface area contributed by atoms with Crippen LogP contribution in [-0.2, 0) is 15.2 Å². The molecule has 0 aromatic heterocycles. The van der Waals surface area contributed by atoms with E-state index in [1.165, 1.54) is 0 Å². The molecule has 0 aromatic carbocycles. The van der Waals surface area contributed by atoms with Crippen LogP contribution in [0.3, 0.4) is 0 Å². The van der Waals surface area contributed by atoms with Crippen molar-refractivity contribution in [1.29, 1.82) is 0 Å². The Morgan fingerprint density at radius 3 is 1.50 bits per heavy atom. The number of hydrogen-bond acceptors (Lipinski definition) is 4. The third kappa shape index (κ3) is 112. The molecule has 4 N–H and O–H groups in total. The molecule has 0 saturated carbocycles. The molecule has 0 radical (unpaired) electrons. The van der Waals surface area contributed by atoms with Crippen molar-refractivity contribution in [3.8, 4) is 0 Å². The summed E-state index contributed by atoms with van der Waals surface area (Å²) in [6.45, 7) is 3.75. The van der Waals surface area contributed by atoms with Gasteiger partial charge < -0.3 is 4.84 Å². The molecule has 6 nitrogen and oxygen atoms in total. The SMILES string of the molecule is CC(C)ON.O=S(=O)(O)O. The van der Waals surface area contributed by atoms with Gasteiger partial charge in [0.2, 0.25) is 0 Å². The Hall–Kier alpha value is -0.210. The minimum Gasteiger partial charge on any atom is -0.302 e. The topological polar surface area (TPSA) is 110 Å². The van der Waals surface area contributed by atoms with Crippen molar-refractivity contribution in [2.45, 2.75) is 20.0 Å². The zero-order valence-electron chi connectivity index (χ0n) is 5.68. The molecule has 0 aliphatic rings. The molecule has 0 heterocycles. The molecule has 0 rings (SSSR count). The Morgan fingerprint density at radius 2 is 1.50 bits per heavy atom. The highest BCUT2D eigenvalue weighted by Crippen LogP contribution is 1.74. The van der Waals surface area contributed by atoms with Gasteiger partial charge >= 0.3 is 10.4 Å². The first kappa shape index (κ1) is 12.5. The van der Waals surface area contributed by atoms with Crippen molar-refractivity contribution in [2.75, 3.05) is 0 Å². The maximum absolute atomic E-state index is 8.74. The molecule has 0 unspecified atom stereocenters. The minimum atomic E-state index is -4.67. The van der Waals surface area contributed by atoms with Gasteiger partial charge in [0.05, 0.1) is 6.10 Å². The van der Waals surface area contributed by atoms with Crippen molar-refractivity contribution in [3.63, 3.8) is 0 Å². The third-order valence-electron chi connectivity index (χ3n) is 0.272. The molecule has 0 amide bonds. The molecular formula is C3H11NO5S. The van der Waals surface area contributed by atoms with Gasteiger partial charge in [-0.2, -0.15) is 8.42 Å².